The summed E-state index contributed by atoms with van der Waals surface area (Å²) in [4.78, 5) is 22.9. The number of rotatable bonds is 3. The van der Waals surface area contributed by atoms with Gasteiger partial charge in [-0.2, -0.15) is 0 Å². The van der Waals surface area contributed by atoms with E-state index in [1.807, 2.05) is 0 Å². The number of aryl methyl sites for hydroxylation is 1. The van der Waals surface area contributed by atoms with Gasteiger partial charge in [0.15, 0.2) is 5.11 Å². The molecule has 7 heteroatoms. The second-order valence-corrected chi connectivity index (χ2v) is 5.16. The largest absolute Gasteiger partial charge is 0.478 e. The molecule has 2 aromatic carbocycles. The lowest BCUT2D eigenvalue weighted by Gasteiger charge is -2.12. The van der Waals surface area contributed by atoms with Gasteiger partial charge in [-0.25, -0.2) is 9.18 Å². The van der Waals surface area contributed by atoms with E-state index in [-0.39, 0.29) is 16.2 Å². The fourth-order valence-corrected chi connectivity index (χ4v) is 2.02. The van der Waals surface area contributed by atoms with Crippen molar-refractivity contribution in [3.63, 3.8) is 0 Å². The van der Waals surface area contributed by atoms with Crippen molar-refractivity contribution in [1.29, 1.82) is 0 Å². The molecule has 0 radical (unpaired) electrons. The number of anilines is 1. The Labute approximate surface area is 137 Å². The van der Waals surface area contributed by atoms with Crippen LogP contribution >= 0.6 is 12.2 Å². The van der Waals surface area contributed by atoms with E-state index in [0.717, 1.165) is 5.56 Å². The molecule has 0 bridgehead atoms. The monoisotopic (exact) mass is 332 g/mol. The standard InChI is InChI=1S/C16H13FN2O3S/c1-9-2-3-11(15(21)22)8-13(9)18-16(23)19-14(20)10-4-6-12(17)7-5-10/h2-8H,1H3,(H,21,22)(H2,18,19,20,23). The van der Waals surface area contributed by atoms with E-state index in [0.29, 0.717) is 5.69 Å². The van der Waals surface area contributed by atoms with Crippen LogP contribution in [0, 0.1) is 12.7 Å². The molecule has 0 aliphatic rings. The summed E-state index contributed by atoms with van der Waals surface area (Å²) < 4.78 is 12.8. The van der Waals surface area contributed by atoms with Gasteiger partial charge in [0.2, 0.25) is 0 Å². The molecule has 0 unspecified atom stereocenters. The van der Waals surface area contributed by atoms with E-state index in [1.54, 1.807) is 13.0 Å². The summed E-state index contributed by atoms with van der Waals surface area (Å²) in [5.41, 5.74) is 1.61. The third-order valence-corrected chi connectivity index (χ3v) is 3.27. The highest BCUT2D eigenvalue weighted by Crippen LogP contribution is 2.17. The van der Waals surface area contributed by atoms with Gasteiger partial charge in [0, 0.05) is 11.3 Å². The number of hydrogen-bond donors (Lipinski definition) is 3. The van der Waals surface area contributed by atoms with Crippen LogP contribution in [0.3, 0.4) is 0 Å². The molecule has 3 N–H and O–H groups in total. The fraction of sp³-hybridized carbons (Fsp3) is 0.0625. The maximum Gasteiger partial charge on any atom is 0.335 e. The normalized spacial score (nSPS) is 10.0. The van der Waals surface area contributed by atoms with Crippen molar-refractivity contribution >= 4 is 34.9 Å². The van der Waals surface area contributed by atoms with Crippen molar-refractivity contribution in [2.24, 2.45) is 0 Å². The third-order valence-electron chi connectivity index (χ3n) is 3.07. The Morgan fingerprint density at radius 1 is 1.09 bits per heavy atom. The van der Waals surface area contributed by atoms with E-state index < -0.39 is 17.7 Å². The highest BCUT2D eigenvalue weighted by atomic mass is 32.1. The van der Waals surface area contributed by atoms with Crippen LogP contribution in [-0.2, 0) is 0 Å². The average Bonchev–Trinajstić information content (AvgIpc) is 2.49. The Hall–Kier alpha value is -2.80. The fourth-order valence-electron chi connectivity index (χ4n) is 1.82. The van der Waals surface area contributed by atoms with Crippen LogP contribution in [-0.4, -0.2) is 22.1 Å². The summed E-state index contributed by atoms with van der Waals surface area (Å²) in [6, 6.07) is 9.55. The van der Waals surface area contributed by atoms with Gasteiger partial charge in [-0.3, -0.25) is 10.1 Å². The molecule has 0 aromatic heterocycles. The minimum Gasteiger partial charge on any atom is -0.478 e. The van der Waals surface area contributed by atoms with Crippen LogP contribution in [0.15, 0.2) is 42.5 Å². The van der Waals surface area contributed by atoms with Crippen molar-refractivity contribution in [2.45, 2.75) is 6.92 Å². The molecule has 23 heavy (non-hydrogen) atoms. The first-order valence-corrected chi connectivity index (χ1v) is 6.99. The van der Waals surface area contributed by atoms with Crippen molar-refractivity contribution in [3.8, 4) is 0 Å². The second-order valence-electron chi connectivity index (χ2n) is 4.75. The number of aromatic carboxylic acids is 1. The lowest BCUT2D eigenvalue weighted by atomic mass is 10.1. The molecule has 0 aliphatic heterocycles. The first-order valence-electron chi connectivity index (χ1n) is 6.58. The van der Waals surface area contributed by atoms with E-state index in [2.05, 4.69) is 10.6 Å². The van der Waals surface area contributed by atoms with Crippen molar-refractivity contribution in [2.75, 3.05) is 5.32 Å². The smallest absolute Gasteiger partial charge is 0.335 e. The van der Waals surface area contributed by atoms with Gasteiger partial charge in [-0.1, -0.05) is 6.07 Å². The SMILES string of the molecule is Cc1ccc(C(=O)O)cc1NC(=S)NC(=O)c1ccc(F)cc1. The molecule has 2 rings (SSSR count). The van der Waals surface area contributed by atoms with E-state index in [1.165, 1.54) is 36.4 Å². The van der Waals surface area contributed by atoms with Crippen LogP contribution in [0.1, 0.15) is 26.3 Å². The minimum absolute atomic E-state index is 0.0185. The number of carboxylic acids is 1. The zero-order valence-electron chi connectivity index (χ0n) is 12.1. The van der Waals surface area contributed by atoms with Crippen molar-refractivity contribution < 1.29 is 19.1 Å². The van der Waals surface area contributed by atoms with Crippen LogP contribution in [0.25, 0.3) is 0 Å². The summed E-state index contributed by atoms with van der Waals surface area (Å²) in [5.74, 6) is -1.99. The number of thiocarbonyl (C=S) groups is 1. The van der Waals surface area contributed by atoms with Gasteiger partial charge in [0.05, 0.1) is 5.56 Å². The third kappa shape index (κ3) is 4.33. The lowest BCUT2D eigenvalue weighted by Crippen LogP contribution is -2.34. The van der Waals surface area contributed by atoms with E-state index in [9.17, 15) is 14.0 Å². The van der Waals surface area contributed by atoms with Gasteiger partial charge >= 0.3 is 5.97 Å². The molecule has 118 valence electrons. The summed E-state index contributed by atoms with van der Waals surface area (Å²) in [5, 5.41) is 14.2. The van der Waals surface area contributed by atoms with Crippen molar-refractivity contribution in [1.82, 2.24) is 5.32 Å². The zero-order chi connectivity index (χ0) is 17.0. The number of carbonyl (C=O) groups excluding carboxylic acids is 1. The van der Waals surface area contributed by atoms with Gasteiger partial charge in [0.25, 0.3) is 5.91 Å². The maximum atomic E-state index is 12.8. The minimum atomic E-state index is -1.06. The Morgan fingerprint density at radius 2 is 1.70 bits per heavy atom. The maximum absolute atomic E-state index is 12.8. The molecule has 0 aliphatic carbocycles. The Bertz CT molecular complexity index is 775. The number of nitrogens with one attached hydrogen (secondary N) is 2. The molecule has 5 nitrogen and oxygen atoms in total. The molecule has 0 spiro atoms. The zero-order valence-corrected chi connectivity index (χ0v) is 12.9. The van der Waals surface area contributed by atoms with Crippen LogP contribution in [0.4, 0.5) is 10.1 Å². The van der Waals surface area contributed by atoms with Gasteiger partial charge < -0.3 is 10.4 Å². The quantitative estimate of drug-likeness (QED) is 0.753. The molecule has 1 amide bonds. The molecule has 0 saturated carbocycles. The second kappa shape index (κ2) is 6.97. The lowest BCUT2D eigenvalue weighted by molar-refractivity contribution is 0.0696. The summed E-state index contributed by atoms with van der Waals surface area (Å²) in [6.45, 7) is 1.78. The molecule has 0 heterocycles. The Kier molecular flexibility index (Phi) is 5.02. The number of carbonyl (C=O) groups is 2. The average molecular weight is 332 g/mol. The predicted octanol–water partition coefficient (Wildman–Crippen LogP) is 2.96. The Balaban J connectivity index is 2.07. The van der Waals surface area contributed by atoms with E-state index in [4.69, 9.17) is 17.3 Å². The number of carboxylic acid groups (broad SMARTS) is 1. The number of benzene rings is 2. The van der Waals surface area contributed by atoms with Crippen LogP contribution in [0.5, 0.6) is 0 Å². The molecule has 0 saturated heterocycles. The molecule has 0 fully saturated rings. The van der Waals surface area contributed by atoms with Crippen LogP contribution in [0.2, 0.25) is 0 Å². The first kappa shape index (κ1) is 16.6. The van der Waals surface area contributed by atoms with Crippen LogP contribution < -0.4 is 10.6 Å². The first-order chi connectivity index (χ1) is 10.9. The van der Waals surface area contributed by atoms with Gasteiger partial charge in [-0.15, -0.1) is 0 Å². The molecule has 2 aromatic rings. The molecule has 0 atom stereocenters. The number of hydrogen-bond acceptors (Lipinski definition) is 3. The van der Waals surface area contributed by atoms with Gasteiger partial charge in [-0.05, 0) is 61.1 Å². The van der Waals surface area contributed by atoms with E-state index >= 15 is 0 Å². The highest BCUT2D eigenvalue weighted by molar-refractivity contribution is 7.80. The predicted molar refractivity (Wildman–Crippen MR) is 88.2 cm³/mol. The highest BCUT2D eigenvalue weighted by Gasteiger charge is 2.10. The van der Waals surface area contributed by atoms with Crippen molar-refractivity contribution in [3.05, 3.63) is 65.0 Å². The summed E-state index contributed by atoms with van der Waals surface area (Å²) in [6.07, 6.45) is 0. The topological polar surface area (TPSA) is 78.4 Å². The van der Waals surface area contributed by atoms with Gasteiger partial charge in [0.1, 0.15) is 5.82 Å². The summed E-state index contributed by atoms with van der Waals surface area (Å²) >= 11 is 5.04. The molecular formula is C16H13FN2O3S. The molecular weight excluding hydrogens is 319 g/mol. The number of amides is 1. The summed E-state index contributed by atoms with van der Waals surface area (Å²) in [7, 11) is 0. The Morgan fingerprint density at radius 3 is 2.30 bits per heavy atom. The number of halogens is 1.